The zero-order valence-corrected chi connectivity index (χ0v) is 27.2. The molecule has 0 unspecified atom stereocenters. The van der Waals surface area contributed by atoms with E-state index in [0.29, 0.717) is 11.3 Å². The van der Waals surface area contributed by atoms with Gasteiger partial charge in [-0.3, -0.25) is 29.1 Å². The van der Waals surface area contributed by atoms with Gasteiger partial charge < -0.3 is 41.6 Å². The number of nitrogens with two attached hydrogens (primary N) is 2. The van der Waals surface area contributed by atoms with Crippen LogP contribution in [0, 0.1) is 0 Å². The first-order valence-corrected chi connectivity index (χ1v) is 14.3. The molecule has 3 atom stereocenters. The van der Waals surface area contributed by atoms with Gasteiger partial charge >= 0.3 is 18.0 Å². The van der Waals surface area contributed by atoms with Crippen molar-refractivity contribution < 1.29 is 43.0 Å². The number of aliphatic imine (C=N–C) groups is 1. The molecule has 0 bridgehead atoms. The molecule has 5 amide bonds. The van der Waals surface area contributed by atoms with Crippen LogP contribution in [0.2, 0.25) is 0 Å². The first-order valence-electron chi connectivity index (χ1n) is 14.3. The molecule has 1 rings (SSSR count). The van der Waals surface area contributed by atoms with Gasteiger partial charge in [-0.25, -0.2) is 9.59 Å². The normalized spacial score (nSPS) is 16.8. The minimum absolute atomic E-state index is 0.103. The van der Waals surface area contributed by atoms with E-state index in [4.69, 9.17) is 25.7 Å². The monoisotopic (exact) mass is 627 g/mol. The molecule has 0 aromatic rings. The average Bonchev–Trinajstić information content (AvgIpc) is 3.08. The first-order chi connectivity index (χ1) is 20.0. The lowest BCUT2D eigenvalue weighted by Gasteiger charge is -2.29. The largest absolute Gasteiger partial charge is 0.460 e. The topological polar surface area (TPSA) is 234 Å². The number of amides is 5. The Bertz CT molecular complexity index is 1100. The van der Waals surface area contributed by atoms with Gasteiger partial charge in [0.2, 0.25) is 11.8 Å². The minimum Gasteiger partial charge on any atom is -0.460 e. The Morgan fingerprint density at radius 1 is 0.909 bits per heavy atom. The summed E-state index contributed by atoms with van der Waals surface area (Å²) in [4.78, 5) is 81.7. The van der Waals surface area contributed by atoms with E-state index in [1.807, 2.05) is 0 Å². The lowest BCUT2D eigenvalue weighted by atomic mass is 10.1. The number of imide groups is 1. The van der Waals surface area contributed by atoms with Crippen molar-refractivity contribution in [1.29, 1.82) is 0 Å². The first kappa shape index (κ1) is 38.1. The maximum absolute atomic E-state index is 13.4. The molecule has 1 saturated heterocycles. The summed E-state index contributed by atoms with van der Waals surface area (Å²) in [6.45, 7) is 14.4. The number of carbonyl (C=O) groups is 6. The van der Waals surface area contributed by atoms with Gasteiger partial charge in [-0.2, -0.15) is 0 Å². The summed E-state index contributed by atoms with van der Waals surface area (Å²) in [6, 6.07) is -4.50. The van der Waals surface area contributed by atoms with Crippen molar-refractivity contribution in [2.45, 2.75) is 117 Å². The predicted molar refractivity (Wildman–Crippen MR) is 160 cm³/mol. The van der Waals surface area contributed by atoms with Gasteiger partial charge in [-0.15, -0.1) is 0 Å². The highest BCUT2D eigenvalue weighted by atomic mass is 16.6. The van der Waals surface area contributed by atoms with Crippen LogP contribution in [0.5, 0.6) is 0 Å². The summed E-state index contributed by atoms with van der Waals surface area (Å²) in [6.07, 6.45) is 0.0138. The number of esters is 2. The highest BCUT2D eigenvalue weighted by Crippen LogP contribution is 2.14. The molecule has 0 saturated carbocycles. The van der Waals surface area contributed by atoms with Gasteiger partial charge in [-0.05, 0) is 75.2 Å². The molecule has 0 aromatic carbocycles. The molecule has 7 N–H and O–H groups in total. The van der Waals surface area contributed by atoms with Crippen molar-refractivity contribution in [3.63, 3.8) is 0 Å². The lowest BCUT2D eigenvalue weighted by molar-refractivity contribution is -0.162. The van der Waals surface area contributed by atoms with Gasteiger partial charge in [0.1, 0.15) is 29.8 Å². The van der Waals surface area contributed by atoms with Crippen LogP contribution in [0.4, 0.5) is 4.79 Å². The number of hydrogen-bond acceptors (Lipinski definition) is 10. The van der Waals surface area contributed by atoms with Gasteiger partial charge in [0.25, 0.3) is 5.91 Å². The molecule has 0 aromatic heterocycles. The molecule has 16 heteroatoms. The lowest BCUT2D eigenvalue weighted by Crippen LogP contribution is -2.56. The second kappa shape index (κ2) is 15.7. The molecule has 0 aliphatic carbocycles. The molecule has 1 fully saturated rings. The third-order valence-electron chi connectivity index (χ3n) is 5.49. The Morgan fingerprint density at radius 3 is 2.02 bits per heavy atom. The van der Waals surface area contributed by atoms with Gasteiger partial charge in [0, 0.05) is 6.54 Å². The molecular weight excluding hydrogens is 578 g/mol. The van der Waals surface area contributed by atoms with Crippen LogP contribution in [0.3, 0.4) is 0 Å². The Balaban J connectivity index is 3.09. The van der Waals surface area contributed by atoms with E-state index in [0.717, 1.165) is 0 Å². The highest BCUT2D eigenvalue weighted by Gasteiger charge is 2.39. The summed E-state index contributed by atoms with van der Waals surface area (Å²) in [5.41, 5.74) is 8.13. The number of carbonyl (C=O) groups excluding carboxylic acids is 6. The highest BCUT2D eigenvalue weighted by molar-refractivity contribution is 6.06. The van der Waals surface area contributed by atoms with E-state index < -0.39 is 83.6 Å². The molecule has 1 aliphatic heterocycles. The molecule has 16 nitrogen and oxygen atoms in total. The van der Waals surface area contributed by atoms with E-state index in [1.54, 1.807) is 62.3 Å². The summed E-state index contributed by atoms with van der Waals surface area (Å²) in [7, 11) is 0. The number of hydrogen-bond donors (Lipinski definition) is 5. The van der Waals surface area contributed by atoms with Crippen LogP contribution in [-0.2, 0) is 38.2 Å². The Kier molecular flexibility index (Phi) is 13.6. The third-order valence-corrected chi connectivity index (χ3v) is 5.49. The molecule has 44 heavy (non-hydrogen) atoms. The fourth-order valence-corrected chi connectivity index (χ4v) is 3.72. The van der Waals surface area contributed by atoms with Gasteiger partial charge in [-0.1, -0.05) is 0 Å². The minimum atomic E-state index is -1.53. The maximum Gasteiger partial charge on any atom is 0.331 e. The van der Waals surface area contributed by atoms with E-state index in [-0.39, 0.29) is 25.5 Å². The standard InChI is InChI=1S/C28H49N7O9/c1-26(2,3)42-15-18(23(40)44-28(7,8)9)33-21(38)17(13-20(37)43-27(4,5)6)32-19(36)14-35-22(39)16(34-25(35)41)11-10-12-31-24(29)30/h16-18H,10-15H2,1-9H3,(H,32,36)(H,33,38)(H,34,41)(H4,29,30,31)/t16-,17-,18-/m0/s1. The number of rotatable bonds is 14. The van der Waals surface area contributed by atoms with Crippen LogP contribution in [-0.4, -0.2) is 101 Å². The number of guanidine groups is 1. The SMILES string of the molecule is CC(C)(C)OC[C@H](NC(=O)[C@H](CC(=O)OC(C)(C)C)NC(=O)CN1C(=O)N[C@@H](CCCN=C(N)N)C1=O)C(=O)OC(C)(C)C. The van der Waals surface area contributed by atoms with Crippen molar-refractivity contribution in [3.05, 3.63) is 0 Å². The van der Waals surface area contributed by atoms with Crippen LogP contribution in [0.25, 0.3) is 0 Å². The van der Waals surface area contributed by atoms with Crippen LogP contribution < -0.4 is 27.4 Å². The van der Waals surface area contributed by atoms with Gasteiger partial charge in [0.15, 0.2) is 12.0 Å². The number of nitrogens with zero attached hydrogens (tertiary/aromatic N) is 2. The smallest absolute Gasteiger partial charge is 0.331 e. The van der Waals surface area contributed by atoms with E-state index in [9.17, 15) is 28.8 Å². The number of urea groups is 1. The van der Waals surface area contributed by atoms with E-state index in [2.05, 4.69) is 20.9 Å². The van der Waals surface area contributed by atoms with Crippen LogP contribution >= 0.6 is 0 Å². The van der Waals surface area contributed by atoms with Crippen molar-refractivity contribution in [3.8, 4) is 0 Å². The third kappa shape index (κ3) is 15.0. The number of ether oxygens (including phenoxy) is 3. The number of nitrogens with one attached hydrogen (secondary N) is 3. The summed E-state index contributed by atoms with van der Waals surface area (Å²) in [5, 5.41) is 7.37. The summed E-state index contributed by atoms with van der Waals surface area (Å²) in [5.74, 6) is -4.16. The van der Waals surface area contributed by atoms with Crippen molar-refractivity contribution in [2.24, 2.45) is 16.5 Å². The van der Waals surface area contributed by atoms with Crippen molar-refractivity contribution in [2.75, 3.05) is 19.7 Å². The molecular formula is C28H49N7O9. The average molecular weight is 628 g/mol. The van der Waals surface area contributed by atoms with E-state index in [1.165, 1.54) is 0 Å². The second-order valence-corrected chi connectivity index (χ2v) is 13.3. The zero-order chi connectivity index (χ0) is 34.0. The molecule has 0 radical (unpaired) electrons. The van der Waals surface area contributed by atoms with Crippen molar-refractivity contribution in [1.82, 2.24) is 20.9 Å². The molecule has 250 valence electrons. The fourth-order valence-electron chi connectivity index (χ4n) is 3.72. The fraction of sp³-hybridized carbons (Fsp3) is 0.750. The van der Waals surface area contributed by atoms with Gasteiger partial charge in [0.05, 0.1) is 18.6 Å². The maximum atomic E-state index is 13.4. The zero-order valence-electron chi connectivity index (χ0n) is 27.2. The summed E-state index contributed by atoms with van der Waals surface area (Å²) >= 11 is 0. The predicted octanol–water partition coefficient (Wildman–Crippen LogP) is -0.181. The van der Waals surface area contributed by atoms with Crippen LogP contribution in [0.15, 0.2) is 4.99 Å². The molecule has 0 spiro atoms. The quantitative estimate of drug-likeness (QED) is 0.0557. The van der Waals surface area contributed by atoms with Crippen molar-refractivity contribution >= 4 is 41.7 Å². The molecule has 1 aliphatic rings. The second-order valence-electron chi connectivity index (χ2n) is 13.3. The molecule has 1 heterocycles. The Morgan fingerprint density at radius 2 is 1.50 bits per heavy atom. The summed E-state index contributed by atoms with van der Waals surface area (Å²) < 4.78 is 16.4. The van der Waals surface area contributed by atoms with Crippen LogP contribution in [0.1, 0.15) is 81.6 Å². The van der Waals surface area contributed by atoms with E-state index >= 15 is 0 Å². The Labute approximate surface area is 258 Å². The Hall–Kier alpha value is -3.95.